The molecule has 0 saturated carbocycles. The van der Waals surface area contributed by atoms with Gasteiger partial charge in [-0.05, 0) is 79.0 Å². The van der Waals surface area contributed by atoms with Crippen LogP contribution in [0.3, 0.4) is 0 Å². The van der Waals surface area contributed by atoms with Crippen molar-refractivity contribution in [1.29, 1.82) is 0 Å². The molecule has 40 heavy (non-hydrogen) atoms. The van der Waals surface area contributed by atoms with Crippen LogP contribution in [-0.2, 0) is 16.1 Å². The van der Waals surface area contributed by atoms with E-state index in [4.69, 9.17) is 23.7 Å². The highest BCUT2D eigenvalue weighted by Crippen LogP contribution is 2.34. The predicted octanol–water partition coefficient (Wildman–Crippen LogP) is 5.18. The Morgan fingerprint density at radius 1 is 0.950 bits per heavy atom. The molecule has 2 aliphatic rings. The first-order valence-corrected chi connectivity index (χ1v) is 14.1. The normalized spacial score (nSPS) is 18.6. The van der Waals surface area contributed by atoms with Crippen molar-refractivity contribution in [2.45, 2.75) is 31.5 Å². The topological polar surface area (TPSA) is 61.4 Å². The van der Waals surface area contributed by atoms with E-state index in [0.29, 0.717) is 38.1 Å². The first-order chi connectivity index (χ1) is 19.7. The Bertz CT molecular complexity index is 1190. The van der Waals surface area contributed by atoms with E-state index in [1.165, 1.54) is 17.7 Å². The maximum Gasteiger partial charge on any atom is 0.142 e. The molecule has 8 heteroatoms. The Balaban J connectivity index is 1.13. The van der Waals surface area contributed by atoms with Crippen molar-refractivity contribution >= 4 is 5.69 Å². The van der Waals surface area contributed by atoms with E-state index in [1.54, 1.807) is 19.2 Å². The van der Waals surface area contributed by atoms with Gasteiger partial charge in [-0.3, -0.25) is 0 Å². The third kappa shape index (κ3) is 7.65. The first kappa shape index (κ1) is 28.2. The summed E-state index contributed by atoms with van der Waals surface area (Å²) >= 11 is 0. The van der Waals surface area contributed by atoms with Gasteiger partial charge in [0.25, 0.3) is 0 Å². The zero-order chi connectivity index (χ0) is 27.6. The van der Waals surface area contributed by atoms with Gasteiger partial charge in [-0.15, -0.1) is 0 Å². The molecule has 2 atom stereocenters. The first-order valence-electron chi connectivity index (χ1n) is 14.1. The van der Waals surface area contributed by atoms with Gasteiger partial charge in [0.15, 0.2) is 0 Å². The summed E-state index contributed by atoms with van der Waals surface area (Å²) in [6, 6.07) is 20.7. The number of piperidine rings is 1. The molecule has 1 saturated heterocycles. The van der Waals surface area contributed by atoms with Crippen molar-refractivity contribution in [2.75, 3.05) is 64.6 Å². The zero-order valence-electron chi connectivity index (χ0n) is 23.2. The number of rotatable bonds is 13. The van der Waals surface area contributed by atoms with Crippen LogP contribution in [0.2, 0.25) is 0 Å². The number of fused-ring (bicyclic) bond motifs is 1. The number of anilines is 1. The average Bonchev–Trinajstić information content (AvgIpc) is 3.00. The van der Waals surface area contributed by atoms with Crippen molar-refractivity contribution in [1.82, 2.24) is 5.32 Å². The molecule has 0 amide bonds. The van der Waals surface area contributed by atoms with E-state index in [-0.39, 0.29) is 11.9 Å². The summed E-state index contributed by atoms with van der Waals surface area (Å²) in [4.78, 5) is 2.38. The lowest BCUT2D eigenvalue weighted by Crippen LogP contribution is -2.41. The molecular formula is C32H39FN2O5. The fourth-order valence-electron chi connectivity index (χ4n) is 5.29. The number of hydrogen-bond donors (Lipinski definition) is 1. The fraction of sp³-hybridized carbons (Fsp3) is 0.438. The van der Waals surface area contributed by atoms with Gasteiger partial charge in [0, 0.05) is 32.7 Å². The highest BCUT2D eigenvalue weighted by Gasteiger charge is 2.27. The van der Waals surface area contributed by atoms with Crippen LogP contribution in [0, 0.1) is 5.82 Å². The Morgan fingerprint density at radius 2 is 1.70 bits per heavy atom. The van der Waals surface area contributed by atoms with Crippen molar-refractivity contribution in [2.24, 2.45) is 0 Å². The Morgan fingerprint density at radius 3 is 2.45 bits per heavy atom. The predicted molar refractivity (Wildman–Crippen MR) is 153 cm³/mol. The van der Waals surface area contributed by atoms with E-state index in [0.717, 1.165) is 68.4 Å². The summed E-state index contributed by atoms with van der Waals surface area (Å²) in [5, 5.41) is 3.49. The van der Waals surface area contributed by atoms with Gasteiger partial charge in [0.1, 0.15) is 42.9 Å². The maximum absolute atomic E-state index is 13.0. The van der Waals surface area contributed by atoms with Crippen LogP contribution in [0.15, 0.2) is 66.7 Å². The third-order valence-corrected chi connectivity index (χ3v) is 7.39. The summed E-state index contributed by atoms with van der Waals surface area (Å²) in [6.07, 6.45) is 2.08. The van der Waals surface area contributed by atoms with Crippen LogP contribution >= 0.6 is 0 Å². The zero-order valence-corrected chi connectivity index (χ0v) is 23.2. The van der Waals surface area contributed by atoms with E-state index in [2.05, 4.69) is 40.5 Å². The summed E-state index contributed by atoms with van der Waals surface area (Å²) in [6.45, 7) is 6.43. The maximum atomic E-state index is 13.0. The molecule has 0 aromatic heterocycles. The highest BCUT2D eigenvalue weighted by molar-refractivity contribution is 5.61. The van der Waals surface area contributed by atoms with Gasteiger partial charge in [-0.25, -0.2) is 4.39 Å². The van der Waals surface area contributed by atoms with Crippen LogP contribution in [0.5, 0.6) is 17.2 Å². The second-order valence-electron chi connectivity index (χ2n) is 10.2. The van der Waals surface area contributed by atoms with Gasteiger partial charge in [-0.2, -0.15) is 0 Å². The van der Waals surface area contributed by atoms with Crippen molar-refractivity contribution in [3.8, 4) is 17.2 Å². The number of hydrogen-bond acceptors (Lipinski definition) is 7. The molecule has 5 rings (SSSR count). The molecule has 7 nitrogen and oxygen atoms in total. The molecule has 2 unspecified atom stereocenters. The summed E-state index contributed by atoms with van der Waals surface area (Å²) in [5.74, 6) is 2.39. The molecule has 214 valence electrons. The lowest BCUT2D eigenvalue weighted by atomic mass is 9.87. The van der Waals surface area contributed by atoms with Crippen LogP contribution < -0.4 is 24.4 Å². The van der Waals surface area contributed by atoms with E-state index >= 15 is 0 Å². The molecular weight excluding hydrogens is 511 g/mol. The lowest BCUT2D eigenvalue weighted by Gasteiger charge is -2.33. The summed E-state index contributed by atoms with van der Waals surface area (Å²) < 4.78 is 42.1. The van der Waals surface area contributed by atoms with Gasteiger partial charge in [-0.1, -0.05) is 18.2 Å². The van der Waals surface area contributed by atoms with Crippen LogP contribution in [0.25, 0.3) is 0 Å². The average molecular weight is 551 g/mol. The number of nitrogens with zero attached hydrogens (tertiary/aromatic N) is 1. The largest absolute Gasteiger partial charge is 0.490 e. The van der Waals surface area contributed by atoms with Crippen molar-refractivity contribution in [3.63, 3.8) is 0 Å². The highest BCUT2D eigenvalue weighted by atomic mass is 19.1. The molecule has 1 fully saturated rings. The molecule has 1 N–H and O–H groups in total. The van der Waals surface area contributed by atoms with Crippen LogP contribution in [0.1, 0.15) is 29.9 Å². The Kier molecular flexibility index (Phi) is 10.1. The van der Waals surface area contributed by atoms with Crippen molar-refractivity contribution in [3.05, 3.63) is 83.7 Å². The number of nitrogens with one attached hydrogen (secondary N) is 1. The minimum atomic E-state index is -0.278. The number of halogens is 1. The molecule has 3 aromatic rings. The molecule has 2 heterocycles. The monoisotopic (exact) mass is 550 g/mol. The molecule has 0 spiro atoms. The fourth-order valence-corrected chi connectivity index (χ4v) is 5.29. The van der Waals surface area contributed by atoms with Gasteiger partial charge >= 0.3 is 0 Å². The third-order valence-electron chi connectivity index (χ3n) is 7.39. The number of ether oxygens (including phenoxy) is 5. The van der Waals surface area contributed by atoms with E-state index in [1.807, 2.05) is 12.1 Å². The van der Waals surface area contributed by atoms with Crippen LogP contribution in [-0.4, -0.2) is 65.8 Å². The molecule has 0 aliphatic carbocycles. The van der Waals surface area contributed by atoms with E-state index < -0.39 is 0 Å². The number of benzene rings is 3. The second-order valence-corrected chi connectivity index (χ2v) is 10.2. The minimum absolute atomic E-state index is 0.0784. The van der Waals surface area contributed by atoms with Gasteiger partial charge in [0.2, 0.25) is 0 Å². The standard InChI is InChI=1S/C32H39FN2O5/c1-36-17-2-15-35-16-18-39-31-12-3-24(21-30(31)35)23-40-32-22-34-14-13-29(32)25-4-8-27(9-5-25)37-19-20-38-28-10-6-26(33)7-11-28/h3-12,21,29,32,34H,2,13-20,22-23H2,1H3. The lowest BCUT2D eigenvalue weighted by molar-refractivity contribution is 0.0106. The number of methoxy groups -OCH3 is 1. The molecule has 3 aromatic carbocycles. The Labute approximate surface area is 236 Å². The van der Waals surface area contributed by atoms with Gasteiger partial charge < -0.3 is 33.9 Å². The SMILES string of the molecule is COCCCN1CCOc2ccc(COC3CNCCC3c3ccc(OCCOc4ccc(F)cc4)cc3)cc21. The Hall–Kier alpha value is -3.33. The molecule has 0 radical (unpaired) electrons. The molecule has 2 aliphatic heterocycles. The second kappa shape index (κ2) is 14.3. The quantitative estimate of drug-likeness (QED) is 0.294. The van der Waals surface area contributed by atoms with Crippen molar-refractivity contribution < 1.29 is 28.1 Å². The van der Waals surface area contributed by atoms with E-state index in [9.17, 15) is 4.39 Å². The van der Waals surface area contributed by atoms with Gasteiger partial charge in [0.05, 0.1) is 24.9 Å². The summed E-state index contributed by atoms with van der Waals surface area (Å²) in [5.41, 5.74) is 3.54. The van der Waals surface area contributed by atoms with Crippen LogP contribution in [0.4, 0.5) is 10.1 Å². The summed E-state index contributed by atoms with van der Waals surface area (Å²) in [7, 11) is 1.74. The molecule has 0 bridgehead atoms. The minimum Gasteiger partial charge on any atom is -0.490 e. The smallest absolute Gasteiger partial charge is 0.142 e.